The molecule has 66 valence electrons. The van der Waals surface area contributed by atoms with Gasteiger partial charge in [0.15, 0.2) is 5.11 Å². The minimum Gasteiger partial charge on any atom is -0.301 e. The second kappa shape index (κ2) is 3.31. The first-order chi connectivity index (χ1) is 5.52. The summed E-state index contributed by atoms with van der Waals surface area (Å²) < 4.78 is 0. The van der Waals surface area contributed by atoms with Crippen molar-refractivity contribution in [3.63, 3.8) is 0 Å². The summed E-state index contributed by atoms with van der Waals surface area (Å²) in [7, 11) is 0. The van der Waals surface area contributed by atoms with Crippen LogP contribution in [0.4, 0.5) is 0 Å². The molecule has 0 fully saturated rings. The fraction of sp³-hybridized carbons (Fsp3) is 0.625. The fourth-order valence-corrected chi connectivity index (χ4v) is 1.66. The van der Waals surface area contributed by atoms with Crippen LogP contribution in [-0.2, 0) is 4.79 Å². The molecule has 0 aromatic heterocycles. The minimum atomic E-state index is -0.114. The first kappa shape index (κ1) is 9.32. The van der Waals surface area contributed by atoms with E-state index in [1.807, 2.05) is 20.8 Å². The third-order valence-corrected chi connectivity index (χ3v) is 2.10. The summed E-state index contributed by atoms with van der Waals surface area (Å²) in [6.07, 6.45) is 0. The van der Waals surface area contributed by atoms with Crippen LogP contribution in [-0.4, -0.2) is 16.7 Å². The third kappa shape index (κ3) is 1.69. The van der Waals surface area contributed by atoms with E-state index in [0.29, 0.717) is 0 Å². The van der Waals surface area contributed by atoms with Gasteiger partial charge in [-0.05, 0) is 25.1 Å². The molecule has 1 N–H and O–H groups in total. The van der Waals surface area contributed by atoms with E-state index < -0.39 is 0 Å². The summed E-state index contributed by atoms with van der Waals surface area (Å²) in [6.45, 7) is 5.84. The van der Waals surface area contributed by atoms with E-state index in [9.17, 15) is 4.79 Å². The van der Waals surface area contributed by atoms with Gasteiger partial charge in [-0.25, -0.2) is 4.99 Å². The highest BCUT2D eigenvalue weighted by Gasteiger charge is 2.29. The van der Waals surface area contributed by atoms with Gasteiger partial charge in [-0.3, -0.25) is 4.79 Å². The van der Waals surface area contributed by atoms with Crippen molar-refractivity contribution in [3.8, 4) is 0 Å². The highest BCUT2D eigenvalue weighted by molar-refractivity contribution is 7.80. The molecular formula is C8H12N2OS. The quantitative estimate of drug-likeness (QED) is 0.621. The lowest BCUT2D eigenvalue weighted by Crippen LogP contribution is -2.44. The second-order valence-electron chi connectivity index (χ2n) is 3.27. The van der Waals surface area contributed by atoms with Crippen molar-refractivity contribution in [1.82, 2.24) is 5.32 Å². The van der Waals surface area contributed by atoms with E-state index in [-0.39, 0.29) is 22.9 Å². The van der Waals surface area contributed by atoms with Crippen LogP contribution >= 0.6 is 12.2 Å². The van der Waals surface area contributed by atoms with Gasteiger partial charge in [0.1, 0.15) is 0 Å². The Hall–Kier alpha value is -0.770. The Balaban J connectivity index is 2.94. The Kier molecular flexibility index (Phi) is 2.57. The number of amides is 1. The number of carbonyl (C=O) groups excluding carboxylic acids is 1. The summed E-state index contributed by atoms with van der Waals surface area (Å²) in [5.41, 5.74) is 0.818. The number of carbonyl (C=O) groups is 1. The molecule has 1 unspecified atom stereocenters. The molecule has 0 saturated carbocycles. The Bertz CT molecular complexity index is 258. The van der Waals surface area contributed by atoms with Gasteiger partial charge >= 0.3 is 0 Å². The van der Waals surface area contributed by atoms with Crippen LogP contribution in [0.3, 0.4) is 0 Å². The number of nitrogens with one attached hydrogen (secondary N) is 1. The SMILES string of the molecule is CC1=NC(=S)NC(=O)C1C(C)C. The first-order valence-corrected chi connectivity index (χ1v) is 4.33. The van der Waals surface area contributed by atoms with Crippen LogP contribution in [0.5, 0.6) is 0 Å². The lowest BCUT2D eigenvalue weighted by molar-refractivity contribution is -0.122. The monoisotopic (exact) mass is 184 g/mol. The normalized spacial score (nSPS) is 24.0. The lowest BCUT2D eigenvalue weighted by Gasteiger charge is -2.23. The molecular weight excluding hydrogens is 172 g/mol. The zero-order valence-corrected chi connectivity index (χ0v) is 8.23. The highest BCUT2D eigenvalue weighted by atomic mass is 32.1. The molecule has 0 aromatic carbocycles. The summed E-state index contributed by atoms with van der Waals surface area (Å²) in [4.78, 5) is 15.4. The molecule has 1 rings (SSSR count). The zero-order valence-electron chi connectivity index (χ0n) is 7.42. The van der Waals surface area contributed by atoms with Gasteiger partial charge in [-0.1, -0.05) is 13.8 Å². The number of hydrogen-bond donors (Lipinski definition) is 1. The predicted octanol–water partition coefficient (Wildman–Crippen LogP) is 1.13. The van der Waals surface area contributed by atoms with E-state index in [2.05, 4.69) is 10.3 Å². The first-order valence-electron chi connectivity index (χ1n) is 3.92. The van der Waals surface area contributed by atoms with Crippen molar-refractivity contribution in [2.75, 3.05) is 0 Å². The average Bonchev–Trinajstić information content (AvgIpc) is 1.82. The van der Waals surface area contributed by atoms with Crippen molar-refractivity contribution in [2.45, 2.75) is 20.8 Å². The highest BCUT2D eigenvalue weighted by Crippen LogP contribution is 2.16. The molecule has 1 atom stereocenters. The zero-order chi connectivity index (χ0) is 9.30. The predicted molar refractivity (Wildman–Crippen MR) is 52.2 cm³/mol. The van der Waals surface area contributed by atoms with Crippen molar-refractivity contribution >= 4 is 28.9 Å². The van der Waals surface area contributed by atoms with Gasteiger partial charge in [0.05, 0.1) is 5.92 Å². The standard InChI is InChI=1S/C8H12N2OS/c1-4(2)6-5(3)9-8(12)10-7(6)11/h4,6H,1-3H3,(H,10,11,12). The molecule has 1 heterocycles. The van der Waals surface area contributed by atoms with Gasteiger partial charge in [0.25, 0.3) is 0 Å². The molecule has 4 heteroatoms. The van der Waals surface area contributed by atoms with E-state index >= 15 is 0 Å². The van der Waals surface area contributed by atoms with E-state index in [1.165, 1.54) is 0 Å². The Morgan fingerprint density at radius 1 is 1.58 bits per heavy atom. The van der Waals surface area contributed by atoms with Crippen molar-refractivity contribution in [2.24, 2.45) is 16.8 Å². The number of aliphatic imine (C=N–C) groups is 1. The van der Waals surface area contributed by atoms with E-state index in [4.69, 9.17) is 12.2 Å². The van der Waals surface area contributed by atoms with Crippen LogP contribution in [0.15, 0.2) is 4.99 Å². The number of rotatable bonds is 1. The molecule has 0 saturated heterocycles. The molecule has 1 aliphatic rings. The lowest BCUT2D eigenvalue weighted by atomic mass is 9.90. The smallest absolute Gasteiger partial charge is 0.235 e. The van der Waals surface area contributed by atoms with E-state index in [1.54, 1.807) is 0 Å². The summed E-state index contributed by atoms with van der Waals surface area (Å²) in [5, 5.41) is 2.83. The molecule has 3 nitrogen and oxygen atoms in total. The van der Waals surface area contributed by atoms with Crippen molar-refractivity contribution in [1.29, 1.82) is 0 Å². The summed E-state index contributed by atoms with van der Waals surface area (Å²) >= 11 is 4.78. The van der Waals surface area contributed by atoms with Gasteiger partial charge in [0, 0.05) is 5.71 Å². The molecule has 12 heavy (non-hydrogen) atoms. The molecule has 0 bridgehead atoms. The maximum absolute atomic E-state index is 11.4. The topological polar surface area (TPSA) is 41.5 Å². The summed E-state index contributed by atoms with van der Waals surface area (Å²) in [6, 6.07) is 0. The van der Waals surface area contributed by atoms with Gasteiger partial charge in [-0.15, -0.1) is 0 Å². The van der Waals surface area contributed by atoms with Crippen molar-refractivity contribution < 1.29 is 4.79 Å². The molecule has 1 amide bonds. The maximum Gasteiger partial charge on any atom is 0.235 e. The molecule has 0 aliphatic carbocycles. The Morgan fingerprint density at radius 2 is 2.17 bits per heavy atom. The number of thiocarbonyl (C=S) groups is 1. The van der Waals surface area contributed by atoms with Crippen LogP contribution in [0, 0.1) is 11.8 Å². The van der Waals surface area contributed by atoms with Crippen LogP contribution in [0.2, 0.25) is 0 Å². The third-order valence-electron chi connectivity index (χ3n) is 1.91. The van der Waals surface area contributed by atoms with Gasteiger partial charge in [0.2, 0.25) is 5.91 Å². The van der Waals surface area contributed by atoms with Crippen LogP contribution < -0.4 is 5.32 Å². The fourth-order valence-electron chi connectivity index (χ4n) is 1.42. The van der Waals surface area contributed by atoms with Crippen molar-refractivity contribution in [3.05, 3.63) is 0 Å². The maximum atomic E-state index is 11.4. The molecule has 0 radical (unpaired) electrons. The average molecular weight is 184 g/mol. The largest absolute Gasteiger partial charge is 0.301 e. The van der Waals surface area contributed by atoms with Gasteiger partial charge in [-0.2, -0.15) is 0 Å². The minimum absolute atomic E-state index is 0.0255. The number of hydrogen-bond acceptors (Lipinski definition) is 2. The van der Waals surface area contributed by atoms with Gasteiger partial charge < -0.3 is 5.32 Å². The Morgan fingerprint density at radius 3 is 2.58 bits per heavy atom. The van der Waals surface area contributed by atoms with Crippen LogP contribution in [0.1, 0.15) is 20.8 Å². The van der Waals surface area contributed by atoms with E-state index in [0.717, 1.165) is 5.71 Å². The Labute approximate surface area is 77.3 Å². The molecule has 0 aromatic rings. The summed E-state index contributed by atoms with van der Waals surface area (Å²) in [5.74, 6) is 0.135. The molecule has 0 spiro atoms. The molecule has 1 aliphatic heterocycles. The van der Waals surface area contributed by atoms with Crippen LogP contribution in [0.25, 0.3) is 0 Å². The number of nitrogens with zero attached hydrogens (tertiary/aromatic N) is 1. The second-order valence-corrected chi connectivity index (χ2v) is 3.66.